The molecule has 2 aliphatic heterocycles. The molecule has 0 aliphatic carbocycles. The van der Waals surface area contributed by atoms with Gasteiger partial charge in [-0.15, -0.1) is 0 Å². The summed E-state index contributed by atoms with van der Waals surface area (Å²) < 4.78 is 16.1. The Balaban J connectivity index is 1.40. The molecule has 194 valence electrons. The summed E-state index contributed by atoms with van der Waals surface area (Å²) >= 11 is 12.0. The van der Waals surface area contributed by atoms with Crippen molar-refractivity contribution < 1.29 is 23.8 Å². The number of anilines is 1. The molecular weight excluding hydrogens is 505 g/mol. The molecule has 10 heteroatoms. The Hall–Kier alpha value is -2.68. The van der Waals surface area contributed by atoms with E-state index < -0.39 is 0 Å². The third kappa shape index (κ3) is 5.82. The summed E-state index contributed by atoms with van der Waals surface area (Å²) in [6.45, 7) is 0.295. The lowest BCUT2D eigenvalue weighted by Crippen LogP contribution is -2.58. The van der Waals surface area contributed by atoms with Gasteiger partial charge in [0.1, 0.15) is 0 Å². The molecule has 4 rings (SSSR count). The van der Waals surface area contributed by atoms with Crippen molar-refractivity contribution >= 4 is 40.7 Å². The second kappa shape index (κ2) is 11.6. The number of fused-ring (bicyclic) bond motifs is 2. The Morgan fingerprint density at radius 1 is 0.944 bits per heavy atom. The first-order valence-corrected chi connectivity index (χ1v) is 12.7. The standard InChI is InChI=1S/C26H31Cl2N3O5/c1-34-22-9-15(10-23(35-2)25(22)36-3)26(33)30-17-11-18-5-4-6-19(12-17)31(18)14-24(32)29-16-7-8-20(27)21(28)13-16/h7-10,13,17-19H,4-6,11-12,14H2,1-3H3,(H,29,32)(H,30,33)/t17?,18-,19+. The van der Waals surface area contributed by atoms with Crippen LogP contribution in [0.5, 0.6) is 17.2 Å². The van der Waals surface area contributed by atoms with Crippen molar-refractivity contribution in [2.75, 3.05) is 33.2 Å². The van der Waals surface area contributed by atoms with E-state index in [1.165, 1.54) is 21.3 Å². The zero-order chi connectivity index (χ0) is 25.8. The third-order valence-corrected chi connectivity index (χ3v) is 7.66. The minimum atomic E-state index is -0.192. The van der Waals surface area contributed by atoms with E-state index in [1.54, 1.807) is 30.3 Å². The quantitative estimate of drug-likeness (QED) is 0.505. The van der Waals surface area contributed by atoms with Gasteiger partial charge in [0, 0.05) is 29.4 Å². The molecule has 0 aromatic heterocycles. The van der Waals surface area contributed by atoms with Gasteiger partial charge in [0.2, 0.25) is 11.7 Å². The monoisotopic (exact) mass is 535 g/mol. The van der Waals surface area contributed by atoms with E-state index in [9.17, 15) is 9.59 Å². The van der Waals surface area contributed by atoms with E-state index in [-0.39, 0.29) is 29.9 Å². The maximum Gasteiger partial charge on any atom is 0.251 e. The maximum atomic E-state index is 13.1. The van der Waals surface area contributed by atoms with E-state index >= 15 is 0 Å². The Bertz CT molecular complexity index is 1090. The predicted octanol–water partition coefficient (Wildman–Crippen LogP) is 4.77. The van der Waals surface area contributed by atoms with Crippen molar-refractivity contribution in [2.24, 2.45) is 0 Å². The van der Waals surface area contributed by atoms with E-state index in [4.69, 9.17) is 37.4 Å². The summed E-state index contributed by atoms with van der Waals surface area (Å²) in [5.41, 5.74) is 1.06. The lowest BCUT2D eigenvalue weighted by molar-refractivity contribution is -0.120. The van der Waals surface area contributed by atoms with Crippen LogP contribution in [0.15, 0.2) is 30.3 Å². The van der Waals surface area contributed by atoms with Gasteiger partial charge in [0.05, 0.1) is 37.9 Å². The van der Waals surface area contributed by atoms with Gasteiger partial charge >= 0.3 is 0 Å². The number of piperidine rings is 2. The molecule has 2 N–H and O–H groups in total. The first-order valence-electron chi connectivity index (χ1n) is 11.9. The number of hydrogen-bond donors (Lipinski definition) is 2. The fourth-order valence-corrected chi connectivity index (χ4v) is 5.57. The van der Waals surface area contributed by atoms with Crippen molar-refractivity contribution in [3.8, 4) is 17.2 Å². The highest BCUT2D eigenvalue weighted by Gasteiger charge is 2.39. The maximum absolute atomic E-state index is 13.1. The SMILES string of the molecule is COc1cc(C(=O)NC2C[C@H]3CCC[C@@H](C2)N3CC(=O)Nc2ccc(Cl)c(Cl)c2)cc(OC)c1OC. The molecule has 0 saturated carbocycles. The molecule has 2 aromatic rings. The number of ether oxygens (including phenoxy) is 3. The van der Waals surface area contributed by atoms with Crippen LogP contribution in [0.3, 0.4) is 0 Å². The van der Waals surface area contributed by atoms with Crippen LogP contribution in [0, 0.1) is 0 Å². The fourth-order valence-electron chi connectivity index (χ4n) is 5.28. The zero-order valence-corrected chi connectivity index (χ0v) is 22.1. The summed E-state index contributed by atoms with van der Waals surface area (Å²) in [7, 11) is 4.57. The number of carbonyl (C=O) groups is 2. The number of nitrogens with one attached hydrogen (secondary N) is 2. The summed E-state index contributed by atoms with van der Waals surface area (Å²) in [5, 5.41) is 6.94. The van der Waals surface area contributed by atoms with Gasteiger partial charge in [0.25, 0.3) is 5.91 Å². The molecule has 8 nitrogen and oxygen atoms in total. The van der Waals surface area contributed by atoms with Crippen molar-refractivity contribution in [3.05, 3.63) is 45.9 Å². The number of amides is 2. The summed E-state index contributed by atoms with van der Waals surface area (Å²) in [6.07, 6.45) is 4.67. The smallest absolute Gasteiger partial charge is 0.251 e. The van der Waals surface area contributed by atoms with Crippen molar-refractivity contribution in [1.29, 1.82) is 0 Å². The van der Waals surface area contributed by atoms with Crippen LogP contribution >= 0.6 is 23.2 Å². The second-order valence-electron chi connectivity index (χ2n) is 9.14. The molecule has 2 aromatic carbocycles. The molecule has 0 radical (unpaired) electrons. The Morgan fingerprint density at radius 2 is 1.58 bits per heavy atom. The van der Waals surface area contributed by atoms with Gasteiger partial charge in [-0.2, -0.15) is 0 Å². The Morgan fingerprint density at radius 3 is 2.14 bits per heavy atom. The van der Waals surface area contributed by atoms with Crippen LogP contribution in [0.4, 0.5) is 5.69 Å². The van der Waals surface area contributed by atoms with Gasteiger partial charge in [0.15, 0.2) is 11.5 Å². The topological polar surface area (TPSA) is 89.1 Å². The number of nitrogens with zero attached hydrogens (tertiary/aromatic N) is 1. The average molecular weight is 536 g/mol. The summed E-state index contributed by atoms with van der Waals surface area (Å²) in [6, 6.07) is 8.81. The minimum Gasteiger partial charge on any atom is -0.493 e. The van der Waals surface area contributed by atoms with Crippen LogP contribution in [-0.4, -0.2) is 62.7 Å². The average Bonchev–Trinajstić information content (AvgIpc) is 2.85. The molecule has 1 unspecified atom stereocenters. The van der Waals surface area contributed by atoms with Crippen LogP contribution in [0.25, 0.3) is 0 Å². The van der Waals surface area contributed by atoms with Crippen molar-refractivity contribution in [3.63, 3.8) is 0 Å². The number of methoxy groups -OCH3 is 3. The largest absolute Gasteiger partial charge is 0.493 e. The van der Waals surface area contributed by atoms with Gasteiger partial charge < -0.3 is 24.8 Å². The zero-order valence-electron chi connectivity index (χ0n) is 20.6. The summed E-state index contributed by atoms with van der Waals surface area (Å²) in [5.74, 6) is 1.02. The molecule has 2 saturated heterocycles. The molecule has 0 spiro atoms. The minimum absolute atomic E-state index is 0.0151. The van der Waals surface area contributed by atoms with Gasteiger partial charge in [-0.1, -0.05) is 29.6 Å². The normalized spacial score (nSPS) is 21.4. The molecule has 2 amide bonds. The lowest BCUT2D eigenvalue weighted by atomic mass is 9.81. The first-order chi connectivity index (χ1) is 17.3. The number of hydrogen-bond acceptors (Lipinski definition) is 6. The third-order valence-electron chi connectivity index (χ3n) is 6.92. The van der Waals surface area contributed by atoms with E-state index in [1.807, 2.05) is 0 Å². The Kier molecular flexibility index (Phi) is 8.49. The van der Waals surface area contributed by atoms with Crippen LogP contribution in [0.1, 0.15) is 42.5 Å². The lowest BCUT2D eigenvalue weighted by Gasteiger charge is -2.48. The summed E-state index contributed by atoms with van der Waals surface area (Å²) in [4.78, 5) is 28.2. The molecule has 2 fully saturated rings. The van der Waals surface area contributed by atoms with Crippen molar-refractivity contribution in [1.82, 2.24) is 10.2 Å². The number of carbonyl (C=O) groups excluding carboxylic acids is 2. The predicted molar refractivity (Wildman–Crippen MR) is 140 cm³/mol. The Labute approximate surface area is 221 Å². The van der Waals surface area contributed by atoms with Crippen LogP contribution in [0.2, 0.25) is 10.0 Å². The van der Waals surface area contributed by atoms with E-state index in [0.29, 0.717) is 45.1 Å². The van der Waals surface area contributed by atoms with E-state index in [0.717, 1.165) is 32.1 Å². The molecule has 2 aliphatic rings. The van der Waals surface area contributed by atoms with Gasteiger partial charge in [-0.05, 0) is 56.0 Å². The molecule has 2 bridgehead atoms. The highest BCUT2D eigenvalue weighted by Crippen LogP contribution is 2.39. The molecule has 2 heterocycles. The van der Waals surface area contributed by atoms with Crippen LogP contribution in [-0.2, 0) is 4.79 Å². The highest BCUT2D eigenvalue weighted by atomic mass is 35.5. The molecule has 36 heavy (non-hydrogen) atoms. The van der Waals surface area contributed by atoms with Crippen molar-refractivity contribution in [2.45, 2.75) is 50.2 Å². The number of benzene rings is 2. The second-order valence-corrected chi connectivity index (χ2v) is 9.96. The van der Waals surface area contributed by atoms with Gasteiger partial charge in [-0.3, -0.25) is 14.5 Å². The molecule has 3 atom stereocenters. The fraction of sp³-hybridized carbons (Fsp3) is 0.462. The molecular formula is C26H31Cl2N3O5. The van der Waals surface area contributed by atoms with E-state index in [2.05, 4.69) is 15.5 Å². The first kappa shape index (κ1) is 26.4. The number of rotatable bonds is 8. The number of halogens is 2. The van der Waals surface area contributed by atoms with Crippen LogP contribution < -0.4 is 24.8 Å². The van der Waals surface area contributed by atoms with Gasteiger partial charge in [-0.25, -0.2) is 0 Å². The highest BCUT2D eigenvalue weighted by molar-refractivity contribution is 6.42.